The molecule has 0 aliphatic carbocycles. The molecule has 20 heavy (non-hydrogen) atoms. The van der Waals surface area contributed by atoms with Gasteiger partial charge in [0.05, 0.1) is 11.3 Å². The Labute approximate surface area is 122 Å². The van der Waals surface area contributed by atoms with E-state index >= 15 is 0 Å². The molecule has 2 aromatic rings. The molecule has 0 radical (unpaired) electrons. The first-order chi connectivity index (χ1) is 9.45. The van der Waals surface area contributed by atoms with Crippen LogP contribution in [0.25, 0.3) is 11.3 Å². The molecule has 5 N–H and O–H groups in total. The number of carboxylic acid groups (broad SMARTS) is 1. The fourth-order valence-corrected chi connectivity index (χ4v) is 2.28. The van der Waals surface area contributed by atoms with Crippen LogP contribution < -0.4 is 11.5 Å². The summed E-state index contributed by atoms with van der Waals surface area (Å²) in [5, 5.41) is 18.4. The maximum atomic E-state index is 11.4. The highest BCUT2D eigenvalue weighted by Gasteiger charge is 2.21. The predicted molar refractivity (Wildman–Crippen MR) is 75.7 cm³/mol. The van der Waals surface area contributed by atoms with Gasteiger partial charge in [-0.3, -0.25) is 0 Å². The quantitative estimate of drug-likeness (QED) is 0.758. The summed E-state index contributed by atoms with van der Waals surface area (Å²) in [7, 11) is 0. The van der Waals surface area contributed by atoms with Gasteiger partial charge in [-0.05, 0) is 22.0 Å². The third-order valence-electron chi connectivity index (χ3n) is 2.55. The Morgan fingerprint density at radius 2 is 2.05 bits per heavy atom. The molecule has 0 bridgehead atoms. The van der Waals surface area contributed by atoms with Crippen molar-refractivity contribution in [2.75, 3.05) is 11.5 Å². The molecule has 1 heterocycles. The van der Waals surface area contributed by atoms with Gasteiger partial charge in [0.2, 0.25) is 5.95 Å². The van der Waals surface area contributed by atoms with Crippen LogP contribution in [-0.2, 0) is 0 Å². The van der Waals surface area contributed by atoms with Crippen LogP contribution in [0.1, 0.15) is 15.9 Å². The summed E-state index contributed by atoms with van der Waals surface area (Å²) in [5.41, 5.74) is 11.4. The topological polar surface area (TPSA) is 139 Å². The Hall–Kier alpha value is -2.66. The van der Waals surface area contributed by atoms with Gasteiger partial charge in [-0.1, -0.05) is 12.1 Å². The standard InChI is InChI=1S/C12H8BrN5O2/c13-7-3-1-2-5(8(7)11(19)20)9-6(4-14)10(15)18-12(16)17-9/h1-3H,(H,19,20)(H4,15,16,17,18). The average molecular weight is 334 g/mol. The second kappa shape index (κ2) is 5.14. The number of rotatable bonds is 2. The smallest absolute Gasteiger partial charge is 0.337 e. The summed E-state index contributed by atoms with van der Waals surface area (Å²) in [6, 6.07) is 6.59. The van der Waals surface area contributed by atoms with Crippen molar-refractivity contribution in [1.29, 1.82) is 5.26 Å². The molecule has 0 aliphatic heterocycles. The van der Waals surface area contributed by atoms with E-state index in [0.717, 1.165) is 0 Å². The number of aromatic carboxylic acids is 1. The zero-order valence-corrected chi connectivity index (χ0v) is 11.5. The first-order valence-corrected chi connectivity index (χ1v) is 6.10. The van der Waals surface area contributed by atoms with Crippen LogP contribution in [0.4, 0.5) is 11.8 Å². The summed E-state index contributed by atoms with van der Waals surface area (Å²) in [4.78, 5) is 19.0. The van der Waals surface area contributed by atoms with Gasteiger partial charge in [0, 0.05) is 10.0 Å². The summed E-state index contributed by atoms with van der Waals surface area (Å²) in [6.45, 7) is 0. The Balaban J connectivity index is 2.86. The largest absolute Gasteiger partial charge is 0.478 e. The minimum absolute atomic E-state index is 0.0141. The lowest BCUT2D eigenvalue weighted by Gasteiger charge is -2.10. The second-order valence-electron chi connectivity index (χ2n) is 3.77. The highest BCUT2D eigenvalue weighted by Crippen LogP contribution is 2.32. The molecular weight excluding hydrogens is 326 g/mol. The van der Waals surface area contributed by atoms with Crippen molar-refractivity contribution < 1.29 is 9.90 Å². The van der Waals surface area contributed by atoms with E-state index in [1.807, 2.05) is 6.07 Å². The SMILES string of the molecule is N#Cc1c(N)nc(N)nc1-c1cccc(Br)c1C(=O)O. The molecule has 0 spiro atoms. The number of halogens is 1. The number of hydrogen-bond donors (Lipinski definition) is 3. The van der Waals surface area contributed by atoms with Gasteiger partial charge in [-0.2, -0.15) is 10.2 Å². The average Bonchev–Trinajstić information content (AvgIpc) is 2.37. The minimum atomic E-state index is -1.16. The number of carboxylic acids is 1. The fourth-order valence-electron chi connectivity index (χ4n) is 1.74. The molecule has 7 nitrogen and oxygen atoms in total. The fraction of sp³-hybridized carbons (Fsp3) is 0. The molecule has 0 saturated heterocycles. The van der Waals surface area contributed by atoms with Crippen LogP contribution >= 0.6 is 15.9 Å². The van der Waals surface area contributed by atoms with Crippen molar-refractivity contribution in [1.82, 2.24) is 9.97 Å². The molecule has 0 aliphatic rings. The van der Waals surface area contributed by atoms with Gasteiger partial charge < -0.3 is 16.6 Å². The summed E-state index contributed by atoms with van der Waals surface area (Å²) < 4.78 is 0.363. The number of carbonyl (C=O) groups is 1. The van der Waals surface area contributed by atoms with Crippen LogP contribution in [0.2, 0.25) is 0 Å². The number of hydrogen-bond acceptors (Lipinski definition) is 6. The van der Waals surface area contributed by atoms with E-state index in [1.165, 1.54) is 6.07 Å². The van der Waals surface area contributed by atoms with Gasteiger partial charge in [-0.15, -0.1) is 0 Å². The molecule has 1 aromatic heterocycles. The van der Waals surface area contributed by atoms with Crippen LogP contribution in [0, 0.1) is 11.3 Å². The van der Waals surface area contributed by atoms with E-state index in [9.17, 15) is 9.90 Å². The minimum Gasteiger partial charge on any atom is -0.478 e. The zero-order chi connectivity index (χ0) is 14.9. The molecule has 8 heteroatoms. The van der Waals surface area contributed by atoms with E-state index in [1.54, 1.807) is 12.1 Å². The number of nitrogens with zero attached hydrogens (tertiary/aromatic N) is 3. The van der Waals surface area contributed by atoms with E-state index in [-0.39, 0.29) is 34.2 Å². The lowest BCUT2D eigenvalue weighted by atomic mass is 10.0. The van der Waals surface area contributed by atoms with Crippen molar-refractivity contribution in [3.63, 3.8) is 0 Å². The molecule has 0 unspecified atom stereocenters. The van der Waals surface area contributed by atoms with Crippen LogP contribution in [0.5, 0.6) is 0 Å². The number of benzene rings is 1. The van der Waals surface area contributed by atoms with Crippen molar-refractivity contribution in [3.05, 3.63) is 33.8 Å². The van der Waals surface area contributed by atoms with Crippen molar-refractivity contribution >= 4 is 33.7 Å². The first kappa shape index (κ1) is 13.8. The predicted octanol–water partition coefficient (Wildman–Crippen LogP) is 1.64. The number of aromatic nitrogens is 2. The molecule has 2 rings (SSSR count). The van der Waals surface area contributed by atoms with E-state index in [0.29, 0.717) is 4.47 Å². The molecular formula is C12H8BrN5O2. The molecule has 0 amide bonds. The molecule has 0 atom stereocenters. The van der Waals surface area contributed by atoms with Crippen LogP contribution in [0.15, 0.2) is 22.7 Å². The monoisotopic (exact) mass is 333 g/mol. The highest BCUT2D eigenvalue weighted by atomic mass is 79.9. The number of nitrogen functional groups attached to an aromatic ring is 2. The Bertz CT molecular complexity index is 754. The zero-order valence-electron chi connectivity index (χ0n) is 9.96. The molecule has 1 aromatic carbocycles. The van der Waals surface area contributed by atoms with Gasteiger partial charge in [0.1, 0.15) is 17.5 Å². The molecule has 0 saturated carbocycles. The van der Waals surface area contributed by atoms with E-state index in [2.05, 4.69) is 25.9 Å². The van der Waals surface area contributed by atoms with Crippen LogP contribution in [0.3, 0.4) is 0 Å². The summed E-state index contributed by atoms with van der Waals surface area (Å²) in [5.74, 6) is -1.38. The lowest BCUT2D eigenvalue weighted by Crippen LogP contribution is -2.08. The van der Waals surface area contributed by atoms with E-state index < -0.39 is 5.97 Å². The van der Waals surface area contributed by atoms with E-state index in [4.69, 9.17) is 16.7 Å². The first-order valence-electron chi connectivity index (χ1n) is 5.31. The Morgan fingerprint density at radius 3 is 2.65 bits per heavy atom. The number of nitrogens with two attached hydrogens (primary N) is 2. The van der Waals surface area contributed by atoms with Gasteiger partial charge in [0.15, 0.2) is 0 Å². The Morgan fingerprint density at radius 1 is 1.35 bits per heavy atom. The third-order valence-corrected chi connectivity index (χ3v) is 3.21. The maximum Gasteiger partial charge on any atom is 0.337 e. The van der Waals surface area contributed by atoms with Crippen molar-refractivity contribution in [3.8, 4) is 17.3 Å². The normalized spacial score (nSPS) is 10.0. The van der Waals surface area contributed by atoms with Gasteiger partial charge in [-0.25, -0.2) is 9.78 Å². The van der Waals surface area contributed by atoms with Gasteiger partial charge >= 0.3 is 5.97 Å². The van der Waals surface area contributed by atoms with Crippen LogP contribution in [-0.4, -0.2) is 21.0 Å². The lowest BCUT2D eigenvalue weighted by molar-refractivity contribution is 0.0696. The molecule has 100 valence electrons. The number of nitriles is 1. The number of anilines is 2. The maximum absolute atomic E-state index is 11.4. The van der Waals surface area contributed by atoms with Gasteiger partial charge in [0.25, 0.3) is 0 Å². The van der Waals surface area contributed by atoms with Crippen molar-refractivity contribution in [2.45, 2.75) is 0 Å². The third kappa shape index (κ3) is 2.26. The summed E-state index contributed by atoms with van der Waals surface area (Å²) in [6.07, 6.45) is 0. The second-order valence-corrected chi connectivity index (χ2v) is 4.62. The Kier molecular flexibility index (Phi) is 3.54. The summed E-state index contributed by atoms with van der Waals surface area (Å²) >= 11 is 3.16. The molecule has 0 fully saturated rings. The van der Waals surface area contributed by atoms with Crippen molar-refractivity contribution in [2.24, 2.45) is 0 Å². The highest BCUT2D eigenvalue weighted by molar-refractivity contribution is 9.10.